The summed E-state index contributed by atoms with van der Waals surface area (Å²) in [7, 11) is 0. The van der Waals surface area contributed by atoms with E-state index >= 15 is 0 Å². The van der Waals surface area contributed by atoms with Crippen molar-refractivity contribution in [3.05, 3.63) is 99.6 Å². The SMILES string of the molecule is Cc1cc(C(N)=O)cc(C)c1CC(N)C(=O)NC1CCNc2ccc(Cc3ccccc3)cc21. The number of rotatable bonds is 7. The van der Waals surface area contributed by atoms with Crippen molar-refractivity contribution in [1.29, 1.82) is 0 Å². The number of aryl methyl sites for hydroxylation is 2. The van der Waals surface area contributed by atoms with Crippen LogP contribution in [-0.4, -0.2) is 24.4 Å². The smallest absolute Gasteiger partial charge is 0.248 e. The first-order valence-corrected chi connectivity index (χ1v) is 11.7. The molecule has 4 rings (SSSR count). The lowest BCUT2D eigenvalue weighted by atomic mass is 9.92. The molecule has 0 spiro atoms. The first-order chi connectivity index (χ1) is 16.3. The van der Waals surface area contributed by atoms with Crippen molar-refractivity contribution in [1.82, 2.24) is 5.32 Å². The number of nitrogens with one attached hydrogen (secondary N) is 2. The van der Waals surface area contributed by atoms with E-state index in [-0.39, 0.29) is 11.9 Å². The minimum Gasteiger partial charge on any atom is -0.385 e. The average molecular weight is 457 g/mol. The molecule has 1 aliphatic rings. The number of amides is 2. The van der Waals surface area contributed by atoms with Gasteiger partial charge in [0, 0.05) is 17.8 Å². The van der Waals surface area contributed by atoms with E-state index in [1.807, 2.05) is 32.0 Å². The van der Waals surface area contributed by atoms with Gasteiger partial charge >= 0.3 is 0 Å². The summed E-state index contributed by atoms with van der Waals surface area (Å²) in [5.41, 5.74) is 19.6. The van der Waals surface area contributed by atoms with Crippen LogP contribution in [0.5, 0.6) is 0 Å². The lowest BCUT2D eigenvalue weighted by molar-refractivity contribution is -0.123. The molecule has 0 saturated carbocycles. The van der Waals surface area contributed by atoms with E-state index in [1.165, 1.54) is 11.1 Å². The molecule has 0 aliphatic carbocycles. The van der Waals surface area contributed by atoms with Crippen LogP contribution in [0.1, 0.15) is 56.2 Å². The maximum atomic E-state index is 13.1. The Morgan fingerprint density at radius 2 is 1.74 bits per heavy atom. The van der Waals surface area contributed by atoms with E-state index in [0.717, 1.165) is 47.3 Å². The largest absolute Gasteiger partial charge is 0.385 e. The highest BCUT2D eigenvalue weighted by atomic mass is 16.2. The summed E-state index contributed by atoms with van der Waals surface area (Å²) in [6, 6.07) is 19.5. The van der Waals surface area contributed by atoms with Crippen LogP contribution in [0.15, 0.2) is 60.7 Å². The Morgan fingerprint density at radius 3 is 2.41 bits per heavy atom. The zero-order valence-corrected chi connectivity index (χ0v) is 19.7. The molecule has 6 heteroatoms. The number of benzene rings is 3. The topological polar surface area (TPSA) is 110 Å². The molecule has 3 aromatic carbocycles. The maximum Gasteiger partial charge on any atom is 0.248 e. The van der Waals surface area contributed by atoms with Crippen molar-refractivity contribution in [2.75, 3.05) is 11.9 Å². The molecule has 0 bridgehead atoms. The second-order valence-electron chi connectivity index (χ2n) is 9.12. The molecular weight excluding hydrogens is 424 g/mol. The highest BCUT2D eigenvalue weighted by Gasteiger charge is 2.25. The summed E-state index contributed by atoms with van der Waals surface area (Å²) in [6.07, 6.45) is 2.04. The number of carbonyl (C=O) groups excluding carboxylic acids is 2. The van der Waals surface area contributed by atoms with E-state index in [4.69, 9.17) is 11.5 Å². The standard InChI is InChI=1S/C28H32N4O2/c1-17-12-21(27(30)33)13-18(2)22(17)16-24(29)28(34)32-26-10-11-31-25-9-8-20(15-23(25)26)14-19-6-4-3-5-7-19/h3-9,12-13,15,24,26,31H,10-11,14,16,29H2,1-2H3,(H2,30,33)(H,32,34). The van der Waals surface area contributed by atoms with Gasteiger partial charge in [-0.2, -0.15) is 0 Å². The third-order valence-electron chi connectivity index (χ3n) is 6.55. The van der Waals surface area contributed by atoms with E-state index < -0.39 is 11.9 Å². The molecule has 0 saturated heterocycles. The lowest BCUT2D eigenvalue weighted by Crippen LogP contribution is -2.44. The van der Waals surface area contributed by atoms with Crippen LogP contribution < -0.4 is 22.1 Å². The first-order valence-electron chi connectivity index (χ1n) is 11.7. The normalized spacial score (nSPS) is 15.7. The van der Waals surface area contributed by atoms with Crippen molar-refractivity contribution in [3.8, 4) is 0 Å². The predicted molar refractivity (Wildman–Crippen MR) is 136 cm³/mol. The number of anilines is 1. The monoisotopic (exact) mass is 456 g/mol. The van der Waals surface area contributed by atoms with Crippen molar-refractivity contribution in [3.63, 3.8) is 0 Å². The van der Waals surface area contributed by atoms with Crippen molar-refractivity contribution >= 4 is 17.5 Å². The van der Waals surface area contributed by atoms with Gasteiger partial charge < -0.3 is 22.1 Å². The van der Waals surface area contributed by atoms with Gasteiger partial charge in [-0.15, -0.1) is 0 Å². The van der Waals surface area contributed by atoms with Crippen LogP contribution in [0.3, 0.4) is 0 Å². The molecule has 6 N–H and O–H groups in total. The number of carbonyl (C=O) groups is 2. The molecule has 1 heterocycles. The maximum absolute atomic E-state index is 13.1. The molecule has 34 heavy (non-hydrogen) atoms. The summed E-state index contributed by atoms with van der Waals surface area (Å²) in [5, 5.41) is 6.61. The Hall–Kier alpha value is -3.64. The molecule has 2 unspecified atom stereocenters. The van der Waals surface area contributed by atoms with E-state index in [2.05, 4.69) is 41.0 Å². The fourth-order valence-corrected chi connectivity index (χ4v) is 4.71. The molecule has 0 fully saturated rings. The van der Waals surface area contributed by atoms with Gasteiger partial charge in [0.2, 0.25) is 11.8 Å². The summed E-state index contributed by atoms with van der Waals surface area (Å²) >= 11 is 0. The second kappa shape index (κ2) is 10.1. The van der Waals surface area contributed by atoms with Crippen LogP contribution >= 0.6 is 0 Å². The predicted octanol–water partition coefficient (Wildman–Crippen LogP) is 3.54. The molecule has 2 amide bonds. The van der Waals surface area contributed by atoms with Crippen LogP contribution in [-0.2, 0) is 17.6 Å². The Labute approximate surface area is 200 Å². The molecule has 2 atom stereocenters. The highest BCUT2D eigenvalue weighted by Crippen LogP contribution is 2.31. The van der Waals surface area contributed by atoms with Gasteiger partial charge in [0.25, 0.3) is 0 Å². The van der Waals surface area contributed by atoms with E-state index in [9.17, 15) is 9.59 Å². The fraction of sp³-hybridized carbons (Fsp3) is 0.286. The zero-order chi connectivity index (χ0) is 24.2. The first kappa shape index (κ1) is 23.5. The van der Waals surface area contributed by atoms with Gasteiger partial charge in [0.1, 0.15) is 0 Å². The molecular formula is C28H32N4O2. The van der Waals surface area contributed by atoms with Crippen LogP contribution in [0.4, 0.5) is 5.69 Å². The molecule has 0 aromatic heterocycles. The van der Waals surface area contributed by atoms with Gasteiger partial charge in [0.05, 0.1) is 12.1 Å². The highest BCUT2D eigenvalue weighted by molar-refractivity contribution is 5.93. The number of primary amides is 1. The number of hydrogen-bond acceptors (Lipinski definition) is 4. The number of fused-ring (bicyclic) bond motifs is 1. The van der Waals surface area contributed by atoms with Crippen LogP contribution in [0.25, 0.3) is 0 Å². The zero-order valence-electron chi connectivity index (χ0n) is 19.7. The molecule has 6 nitrogen and oxygen atoms in total. The van der Waals surface area contributed by atoms with Crippen molar-refractivity contribution < 1.29 is 9.59 Å². The van der Waals surface area contributed by atoms with Gasteiger partial charge in [-0.25, -0.2) is 0 Å². The third-order valence-corrected chi connectivity index (χ3v) is 6.55. The molecule has 0 radical (unpaired) electrons. The number of nitrogens with two attached hydrogens (primary N) is 2. The Balaban J connectivity index is 1.48. The van der Waals surface area contributed by atoms with Gasteiger partial charge in [-0.1, -0.05) is 42.5 Å². The van der Waals surface area contributed by atoms with E-state index in [0.29, 0.717) is 12.0 Å². The van der Waals surface area contributed by atoms with Crippen molar-refractivity contribution in [2.45, 2.75) is 45.2 Å². The lowest BCUT2D eigenvalue weighted by Gasteiger charge is -2.29. The van der Waals surface area contributed by atoms with Gasteiger partial charge in [-0.05, 0) is 84.7 Å². The average Bonchev–Trinajstić information content (AvgIpc) is 2.82. The third kappa shape index (κ3) is 5.29. The molecule has 3 aromatic rings. The molecule has 1 aliphatic heterocycles. The Bertz CT molecular complexity index is 1180. The summed E-state index contributed by atoms with van der Waals surface area (Å²) in [5.74, 6) is -0.639. The fourth-order valence-electron chi connectivity index (χ4n) is 4.71. The molecule has 176 valence electrons. The van der Waals surface area contributed by atoms with Crippen LogP contribution in [0.2, 0.25) is 0 Å². The second-order valence-corrected chi connectivity index (χ2v) is 9.12. The van der Waals surface area contributed by atoms with Gasteiger partial charge in [-0.3, -0.25) is 9.59 Å². The summed E-state index contributed by atoms with van der Waals surface area (Å²) < 4.78 is 0. The minimum atomic E-state index is -0.692. The Morgan fingerprint density at radius 1 is 1.03 bits per heavy atom. The quantitative estimate of drug-likeness (QED) is 0.436. The number of hydrogen-bond donors (Lipinski definition) is 4. The van der Waals surface area contributed by atoms with Crippen molar-refractivity contribution in [2.24, 2.45) is 11.5 Å². The van der Waals surface area contributed by atoms with Crippen LogP contribution in [0, 0.1) is 13.8 Å². The summed E-state index contributed by atoms with van der Waals surface area (Å²) in [4.78, 5) is 24.6. The van der Waals surface area contributed by atoms with E-state index in [1.54, 1.807) is 12.1 Å². The Kier molecular flexibility index (Phi) is 6.98. The minimum absolute atomic E-state index is 0.0926. The summed E-state index contributed by atoms with van der Waals surface area (Å²) in [6.45, 7) is 4.62. The van der Waals surface area contributed by atoms with Gasteiger partial charge in [0.15, 0.2) is 0 Å².